The SMILES string of the molecule is C[C@@H](NC(=S)Nc1ccc(CC2CN(CC(=O)O)CCN(CC(=O)O)CCN2CC(=O)O)cc1)C(=O)N[C@H](CCCCNC(=O)CNC(=O)CCC(=O)NCCc1cnc[nH]1)C(=O)N[C@@H](Cc1ccc(O)cc1)C(=O)N[C@H](CCCCNC(=O)CNC(=O)CCC(=O)NCCc1cnc[nH]1)C(N)=O. The number of nitrogens with one attached hydrogen (secondary N) is 13. The Morgan fingerprint density at radius 1 is 0.534 bits per heavy atom. The molecule has 2 aromatic heterocycles. The second-order valence-corrected chi connectivity index (χ2v) is 25.0. The van der Waals surface area contributed by atoms with Crippen LogP contribution in [0.2, 0.25) is 0 Å². The van der Waals surface area contributed by atoms with Gasteiger partial charge in [0.05, 0.1) is 45.4 Å². The first kappa shape index (κ1) is 83.0. The first-order valence-electron chi connectivity index (χ1n) is 33.8. The van der Waals surface area contributed by atoms with Crippen LogP contribution in [0.4, 0.5) is 5.69 Å². The number of aromatic hydroxyl groups is 1. The molecule has 1 aliphatic rings. The maximum absolute atomic E-state index is 14.6. The topological polar surface area (TPSA) is 528 Å². The molecule has 5 atom stereocenters. The van der Waals surface area contributed by atoms with Crippen molar-refractivity contribution in [3.8, 4) is 5.75 Å². The highest BCUT2D eigenvalue weighted by atomic mass is 32.1. The number of hydrogen-bond acceptors (Lipinski definition) is 20. The first-order chi connectivity index (χ1) is 49.3. The third-order valence-corrected chi connectivity index (χ3v) is 16.5. The molecule has 0 aliphatic carbocycles. The Hall–Kier alpha value is -10.7. The molecule has 1 saturated heterocycles. The van der Waals surface area contributed by atoms with E-state index in [9.17, 15) is 82.8 Å². The minimum absolute atomic E-state index is 0.00406. The monoisotopic (exact) mass is 1460 g/mol. The van der Waals surface area contributed by atoms with E-state index >= 15 is 0 Å². The van der Waals surface area contributed by atoms with Gasteiger partial charge in [-0.25, -0.2) is 9.97 Å². The summed E-state index contributed by atoms with van der Waals surface area (Å²) in [6.07, 6.45) is 7.95. The molecule has 562 valence electrons. The van der Waals surface area contributed by atoms with Crippen molar-refractivity contribution in [1.29, 1.82) is 0 Å². The molecule has 37 heteroatoms. The van der Waals surface area contributed by atoms with Gasteiger partial charge in [0, 0.05) is 139 Å². The number of unbranched alkanes of at least 4 members (excludes halogenated alkanes) is 2. The van der Waals surface area contributed by atoms with E-state index < -0.39 is 95.4 Å². The van der Waals surface area contributed by atoms with Crippen molar-refractivity contribution in [3.05, 3.63) is 96.1 Å². The number of benzene rings is 2. The lowest BCUT2D eigenvalue weighted by Gasteiger charge is -2.33. The number of amides is 10. The molecule has 4 aromatic rings. The predicted octanol–water partition coefficient (Wildman–Crippen LogP) is -3.14. The van der Waals surface area contributed by atoms with Crippen LogP contribution in [0.1, 0.15) is 93.6 Å². The summed E-state index contributed by atoms with van der Waals surface area (Å²) in [5.74, 6) is -9.45. The average Bonchev–Trinajstić information content (AvgIpc) is 1.52. The van der Waals surface area contributed by atoms with E-state index in [0.717, 1.165) is 17.0 Å². The van der Waals surface area contributed by atoms with E-state index in [-0.39, 0.29) is 165 Å². The Bertz CT molecular complexity index is 3440. The van der Waals surface area contributed by atoms with Gasteiger partial charge in [0.15, 0.2) is 5.11 Å². The Morgan fingerprint density at radius 3 is 1.50 bits per heavy atom. The molecule has 19 N–H and O–H groups in total. The molecule has 3 heterocycles. The van der Waals surface area contributed by atoms with E-state index in [4.69, 9.17) is 18.0 Å². The van der Waals surface area contributed by atoms with Gasteiger partial charge in [0.25, 0.3) is 0 Å². The molecule has 5 rings (SSSR count). The standard InChI is InChI=1S/C66H95N19O17S/c1-42(78-66(103)79-45-12-8-43(9-13-45)30-48-36-84(38-60(95)96)27-26-83(37-59(93)94)28-29-85(48)39-61(97)98)63(100)81-51(7-3-5-23-71-58(92)35-75-56(90)19-17-54(88)73-25-21-47-33-69-41-77-47)64(101)82-52(31-44-10-14-49(86)15-11-44)65(102)80-50(62(67)99)6-2-4-22-70-57(91)34-74-55(89)18-16-53(87)72-24-20-46-32-68-40-76-46/h8-15,32-33,40-42,48,50-52,86H,2-7,16-31,34-39H2,1H3,(H2,67,99)(H,68,76)(H,69,77)(H,70,91)(H,71,92)(H,72,87)(H,73,88)(H,74,89)(H,75,90)(H,80,102)(H,81,100)(H,82,101)(H,93,94)(H,95,96)(H,97,98)(H2,78,79,103)/t42-,48?,50-,51-,52+/m1/s1. The Morgan fingerprint density at radius 2 is 0.990 bits per heavy atom. The summed E-state index contributed by atoms with van der Waals surface area (Å²) in [6, 6.07) is 7.03. The number of carbonyl (C=O) groups excluding carboxylic acids is 10. The Labute approximate surface area is 599 Å². The summed E-state index contributed by atoms with van der Waals surface area (Å²) in [5.41, 5.74) is 9.14. The fourth-order valence-corrected chi connectivity index (χ4v) is 11.0. The molecule has 0 bridgehead atoms. The summed E-state index contributed by atoms with van der Waals surface area (Å²) in [7, 11) is 0. The van der Waals surface area contributed by atoms with Crippen molar-refractivity contribution in [2.45, 2.75) is 127 Å². The van der Waals surface area contributed by atoms with Crippen molar-refractivity contribution in [2.75, 3.05) is 96.9 Å². The van der Waals surface area contributed by atoms with Crippen molar-refractivity contribution in [2.24, 2.45) is 5.73 Å². The molecular formula is C66H95N19O17S. The van der Waals surface area contributed by atoms with Gasteiger partial charge in [-0.15, -0.1) is 0 Å². The Kier molecular flexibility index (Phi) is 36.5. The molecule has 36 nitrogen and oxygen atoms in total. The van der Waals surface area contributed by atoms with Crippen LogP contribution in [0.15, 0.2) is 73.6 Å². The number of aromatic amines is 2. The highest BCUT2D eigenvalue weighted by molar-refractivity contribution is 7.80. The van der Waals surface area contributed by atoms with Crippen LogP contribution in [0, 0.1) is 0 Å². The zero-order chi connectivity index (χ0) is 75.1. The number of hydrogen-bond donors (Lipinski definition) is 18. The summed E-state index contributed by atoms with van der Waals surface area (Å²) in [6.45, 7) is 1.65. The minimum Gasteiger partial charge on any atom is -0.508 e. The molecule has 1 fully saturated rings. The van der Waals surface area contributed by atoms with E-state index in [1.807, 2.05) is 0 Å². The minimum atomic E-state index is -1.42. The maximum Gasteiger partial charge on any atom is 0.317 e. The predicted molar refractivity (Wildman–Crippen MR) is 376 cm³/mol. The number of aromatic nitrogens is 4. The van der Waals surface area contributed by atoms with Gasteiger partial charge in [0.2, 0.25) is 59.1 Å². The highest BCUT2D eigenvalue weighted by Gasteiger charge is 2.32. The molecule has 2 aromatic carbocycles. The molecule has 103 heavy (non-hydrogen) atoms. The zero-order valence-electron chi connectivity index (χ0n) is 57.4. The van der Waals surface area contributed by atoms with E-state index in [0.29, 0.717) is 50.0 Å². The number of phenolic OH excluding ortho intramolecular Hbond substituents is 1. The third kappa shape index (κ3) is 34.5. The van der Waals surface area contributed by atoms with Crippen LogP contribution in [-0.4, -0.2) is 259 Å². The number of anilines is 1. The van der Waals surface area contributed by atoms with E-state index in [1.54, 1.807) is 51.4 Å². The lowest BCUT2D eigenvalue weighted by atomic mass is 10.0. The summed E-state index contributed by atoms with van der Waals surface area (Å²) < 4.78 is 0. The fourth-order valence-electron chi connectivity index (χ4n) is 10.7. The number of phenols is 1. The second-order valence-electron chi connectivity index (χ2n) is 24.6. The number of carboxylic acids is 3. The van der Waals surface area contributed by atoms with Gasteiger partial charge in [-0.1, -0.05) is 24.3 Å². The highest BCUT2D eigenvalue weighted by Crippen LogP contribution is 2.18. The van der Waals surface area contributed by atoms with Crippen molar-refractivity contribution in [3.63, 3.8) is 0 Å². The summed E-state index contributed by atoms with van der Waals surface area (Å²) in [5, 5.41) is 68.7. The third-order valence-electron chi connectivity index (χ3n) is 16.3. The molecule has 0 radical (unpaired) electrons. The molecule has 1 aliphatic heterocycles. The first-order valence-corrected chi connectivity index (χ1v) is 34.2. The second kappa shape index (κ2) is 45.3. The van der Waals surface area contributed by atoms with Crippen molar-refractivity contribution >= 4 is 100.0 Å². The van der Waals surface area contributed by atoms with Gasteiger partial charge < -0.3 is 94.6 Å². The van der Waals surface area contributed by atoms with Gasteiger partial charge in [0.1, 0.15) is 29.9 Å². The Balaban J connectivity index is 1.19. The quantitative estimate of drug-likeness (QED) is 0.0154. The van der Waals surface area contributed by atoms with Crippen LogP contribution in [0.25, 0.3) is 0 Å². The van der Waals surface area contributed by atoms with Gasteiger partial charge in [-0.3, -0.25) is 77.0 Å². The van der Waals surface area contributed by atoms with Crippen molar-refractivity contribution in [1.82, 2.24) is 87.8 Å². The number of H-pyrrole nitrogens is 2. The van der Waals surface area contributed by atoms with Crippen LogP contribution >= 0.6 is 12.2 Å². The van der Waals surface area contributed by atoms with Gasteiger partial charge in [-0.2, -0.15) is 0 Å². The normalized spacial score (nSPS) is 14.6. The fraction of sp³-hybridized carbons (Fsp3) is 0.515. The van der Waals surface area contributed by atoms with Gasteiger partial charge >= 0.3 is 17.9 Å². The van der Waals surface area contributed by atoms with E-state index in [2.05, 4.69) is 78.4 Å². The number of carbonyl (C=O) groups is 13. The number of rotatable bonds is 45. The number of carboxylic acid groups (broad SMARTS) is 3. The molecule has 0 spiro atoms. The number of thiocarbonyl (C=S) groups is 1. The number of nitrogens with zero attached hydrogens (tertiary/aromatic N) is 5. The number of nitrogens with two attached hydrogens (primary N) is 1. The number of primary amides is 1. The number of imidazole rings is 2. The largest absolute Gasteiger partial charge is 0.508 e. The van der Waals surface area contributed by atoms with E-state index in [1.165, 1.54) is 43.8 Å². The molecule has 10 amide bonds. The van der Waals surface area contributed by atoms with Crippen molar-refractivity contribution < 1.29 is 82.8 Å². The molecule has 1 unspecified atom stereocenters. The summed E-state index contributed by atoms with van der Waals surface area (Å²) >= 11 is 5.60. The van der Waals surface area contributed by atoms with Crippen LogP contribution in [0.5, 0.6) is 5.75 Å². The molecule has 0 saturated carbocycles. The van der Waals surface area contributed by atoms with Crippen LogP contribution < -0.4 is 64.2 Å². The van der Waals surface area contributed by atoms with Crippen LogP contribution in [-0.2, 0) is 88.0 Å². The smallest absolute Gasteiger partial charge is 0.317 e. The molecular weight excluding hydrogens is 1360 g/mol. The average molecular weight is 1460 g/mol. The lowest BCUT2D eigenvalue weighted by molar-refractivity contribution is -0.140. The number of aliphatic carboxylic acids is 3. The zero-order valence-corrected chi connectivity index (χ0v) is 58.2. The summed E-state index contributed by atoms with van der Waals surface area (Å²) in [4.78, 5) is 185. The van der Waals surface area contributed by atoms with Gasteiger partial charge in [-0.05, 0) is 99.5 Å². The maximum atomic E-state index is 14.6. The lowest BCUT2D eigenvalue weighted by Crippen LogP contribution is -2.58. The van der Waals surface area contributed by atoms with Crippen LogP contribution in [0.3, 0.4) is 0 Å².